The van der Waals surface area contributed by atoms with Gasteiger partial charge in [-0.1, -0.05) is 30.0 Å². The maximum absolute atomic E-state index is 13.7. The summed E-state index contributed by atoms with van der Waals surface area (Å²) >= 11 is 0. The molecule has 0 saturated carbocycles. The van der Waals surface area contributed by atoms with Gasteiger partial charge in [0.1, 0.15) is 69.0 Å². The molecule has 0 radical (unpaired) electrons. The van der Waals surface area contributed by atoms with Gasteiger partial charge in [-0.25, -0.2) is 25.3 Å². The Bertz CT molecular complexity index is 4250. The fourth-order valence-corrected chi connectivity index (χ4v) is 11.6. The van der Waals surface area contributed by atoms with Gasteiger partial charge in [0.25, 0.3) is 0 Å². The van der Waals surface area contributed by atoms with E-state index in [0.29, 0.717) is 74.6 Å². The van der Waals surface area contributed by atoms with Crippen molar-refractivity contribution in [3.8, 4) is 93.7 Å². The third-order valence-electron chi connectivity index (χ3n) is 11.9. The van der Waals surface area contributed by atoms with Crippen LogP contribution in [0.3, 0.4) is 0 Å². The molecule has 12 nitrogen and oxygen atoms in total. The summed E-state index contributed by atoms with van der Waals surface area (Å²) < 4.78 is 117. The molecule has 15 heteroatoms. The van der Waals surface area contributed by atoms with Gasteiger partial charge in [-0.2, -0.15) is 0 Å². The molecule has 0 fully saturated rings. The van der Waals surface area contributed by atoms with Crippen LogP contribution in [0, 0.1) is 24.7 Å². The molecular weight excluding hydrogens is 1060 g/mol. The van der Waals surface area contributed by atoms with Crippen molar-refractivity contribution in [1.29, 1.82) is 0 Å². The van der Waals surface area contributed by atoms with Crippen molar-refractivity contribution in [2.24, 2.45) is 0 Å². The monoisotopic (exact) mass is 1100 g/mol. The smallest absolute Gasteiger partial charge is 0.206 e. The molecule has 0 aliphatic carbocycles. The minimum absolute atomic E-state index is 0.0457. The summed E-state index contributed by atoms with van der Waals surface area (Å²) in [5.41, 5.74) is 1.38. The Balaban J connectivity index is 0.710. The first-order valence-electron chi connectivity index (χ1n) is 24.0. The van der Waals surface area contributed by atoms with E-state index >= 15 is 0 Å². The topological polar surface area (TPSA) is 158 Å². The molecular formula is C64H42O12S3. The van der Waals surface area contributed by atoms with Crippen LogP contribution >= 0.6 is 0 Å². The van der Waals surface area contributed by atoms with Gasteiger partial charge in [0.05, 0.1) is 29.4 Å². The first-order chi connectivity index (χ1) is 38.2. The lowest BCUT2D eigenvalue weighted by Crippen LogP contribution is -2.02. The van der Waals surface area contributed by atoms with Crippen molar-refractivity contribution in [3.05, 3.63) is 254 Å². The Morgan fingerprint density at radius 2 is 0.430 bits per heavy atom. The molecule has 0 N–H and O–H groups in total. The molecule has 79 heavy (non-hydrogen) atoms. The minimum Gasteiger partial charge on any atom is -0.457 e. The second-order valence-corrected chi connectivity index (χ2v) is 23.1. The molecule has 10 rings (SSSR count). The Morgan fingerprint density at radius 3 is 0.671 bits per heavy atom. The average molecular weight is 1100 g/mol. The van der Waals surface area contributed by atoms with Crippen LogP contribution in [0.15, 0.2) is 272 Å². The first-order valence-corrected chi connectivity index (χ1v) is 28.4. The predicted molar refractivity (Wildman–Crippen MR) is 297 cm³/mol. The number of benzene rings is 10. The van der Waals surface area contributed by atoms with E-state index in [1.54, 1.807) is 170 Å². The molecule has 0 amide bonds. The number of rotatable bonds is 18. The van der Waals surface area contributed by atoms with Crippen LogP contribution in [-0.2, 0) is 29.5 Å². The second-order valence-electron chi connectivity index (χ2n) is 17.2. The number of hydrogen-bond donors (Lipinski definition) is 0. The van der Waals surface area contributed by atoms with Gasteiger partial charge in [-0.05, 0) is 212 Å². The van der Waals surface area contributed by atoms with Crippen molar-refractivity contribution >= 4 is 29.5 Å². The highest BCUT2D eigenvalue weighted by molar-refractivity contribution is 7.92. The molecule has 10 aromatic carbocycles. The lowest BCUT2D eigenvalue weighted by Gasteiger charge is -2.11. The zero-order chi connectivity index (χ0) is 55.0. The first kappa shape index (κ1) is 52.4. The third kappa shape index (κ3) is 12.5. The highest BCUT2D eigenvalue weighted by Gasteiger charge is 2.21. The molecule has 10 aromatic rings. The lowest BCUT2D eigenvalue weighted by atomic mass is 10.2. The molecule has 0 spiro atoms. The lowest BCUT2D eigenvalue weighted by molar-refractivity contribution is 0.459. The van der Waals surface area contributed by atoms with Gasteiger partial charge < -0.3 is 28.4 Å². The number of sulfone groups is 3. The zero-order valence-electron chi connectivity index (χ0n) is 41.4. The molecule has 0 heterocycles. The third-order valence-corrected chi connectivity index (χ3v) is 17.2. The molecule has 0 aliphatic rings. The Morgan fingerprint density at radius 1 is 0.228 bits per heavy atom. The SMILES string of the molecule is C#Cc1ccc(Oc2ccc(S(=O)(=O)c3ccc(Oc4cccc(Oc5ccc(S(=O)(=O)c6ccc(Oc7cccc(Oc8ccc(S(=O)(=O)c9ccc(Oc%10cccc(C#C)c%10)cc9)cc8)c7)cc6)cc5)c4)cc3)cc2)cc1. The van der Waals surface area contributed by atoms with Crippen LogP contribution in [0.25, 0.3) is 0 Å². The van der Waals surface area contributed by atoms with Crippen LogP contribution in [-0.4, -0.2) is 25.3 Å². The van der Waals surface area contributed by atoms with Gasteiger partial charge in [0.15, 0.2) is 0 Å². The van der Waals surface area contributed by atoms with Crippen LogP contribution in [0.2, 0.25) is 0 Å². The van der Waals surface area contributed by atoms with Crippen molar-refractivity contribution in [2.75, 3.05) is 0 Å². The standard InChI is InChI=1S/C64H42O12S3/c1-3-45-14-16-47(17-15-45)71-48-18-30-59(31-19-48)77(65,66)61-34-22-50(23-35-61)73-55-10-6-12-57(43-55)75-52-26-38-63(39-27-52)79(69,70)64-40-28-53(29-41-64)76-58-13-7-11-56(44-58)74-51-24-36-62(37-25-51)78(67,68)60-32-20-49(21-33-60)72-54-9-5-8-46(4-2)42-54/h1-2,5-44H. The van der Waals surface area contributed by atoms with Crippen LogP contribution in [0.1, 0.15) is 11.1 Å². The van der Waals surface area contributed by atoms with Crippen LogP contribution < -0.4 is 28.4 Å². The van der Waals surface area contributed by atoms with Crippen molar-refractivity contribution < 1.29 is 53.7 Å². The normalized spacial score (nSPS) is 11.3. The van der Waals surface area contributed by atoms with E-state index in [9.17, 15) is 25.3 Å². The molecule has 0 unspecified atom stereocenters. The minimum atomic E-state index is -3.93. The van der Waals surface area contributed by atoms with Crippen LogP contribution in [0.5, 0.6) is 69.0 Å². The van der Waals surface area contributed by atoms with E-state index < -0.39 is 29.5 Å². The number of ether oxygens (including phenoxy) is 6. The fraction of sp³-hybridized carbons (Fsp3) is 0. The fourth-order valence-electron chi connectivity index (χ4n) is 7.82. The Labute approximate surface area is 457 Å². The summed E-state index contributed by atoms with van der Waals surface area (Å²) in [7, 11) is -11.6. The summed E-state index contributed by atoms with van der Waals surface area (Å²) in [6.45, 7) is 0. The van der Waals surface area contributed by atoms with E-state index in [1.807, 2.05) is 0 Å². The van der Waals surface area contributed by atoms with Gasteiger partial charge in [0.2, 0.25) is 29.5 Å². The highest BCUT2D eigenvalue weighted by Crippen LogP contribution is 2.35. The van der Waals surface area contributed by atoms with Gasteiger partial charge in [-0.15, -0.1) is 12.8 Å². The molecule has 0 atom stereocenters. The number of hydrogen-bond acceptors (Lipinski definition) is 12. The maximum atomic E-state index is 13.7. The Kier molecular flexibility index (Phi) is 15.0. The summed E-state index contributed by atoms with van der Waals surface area (Å²) in [6.07, 6.45) is 10.9. The average Bonchev–Trinajstić information content (AvgIpc) is 3.47. The molecule has 0 saturated heterocycles. The number of terminal acetylenes is 2. The van der Waals surface area contributed by atoms with E-state index in [1.165, 1.54) is 72.8 Å². The summed E-state index contributed by atoms with van der Waals surface area (Å²) in [4.78, 5) is 0.433. The maximum Gasteiger partial charge on any atom is 0.206 e. The van der Waals surface area contributed by atoms with E-state index in [2.05, 4.69) is 11.8 Å². The highest BCUT2D eigenvalue weighted by atomic mass is 32.2. The van der Waals surface area contributed by atoms with E-state index in [-0.39, 0.29) is 29.4 Å². The summed E-state index contributed by atoms with van der Waals surface area (Å²) in [6, 6.07) is 63.8. The molecule has 0 aromatic heterocycles. The molecule has 0 aliphatic heterocycles. The van der Waals surface area contributed by atoms with Gasteiger partial charge >= 0.3 is 0 Å². The molecule has 0 bridgehead atoms. The quantitative estimate of drug-likeness (QED) is 0.0750. The largest absolute Gasteiger partial charge is 0.457 e. The van der Waals surface area contributed by atoms with Gasteiger partial charge in [0, 0.05) is 23.3 Å². The van der Waals surface area contributed by atoms with E-state index in [4.69, 9.17) is 41.3 Å². The van der Waals surface area contributed by atoms with E-state index in [0.717, 1.165) is 5.56 Å². The van der Waals surface area contributed by atoms with Crippen molar-refractivity contribution in [2.45, 2.75) is 29.4 Å². The van der Waals surface area contributed by atoms with Crippen molar-refractivity contribution in [3.63, 3.8) is 0 Å². The summed E-state index contributed by atoms with van der Waals surface area (Å²) in [5.74, 6) is 10.3. The molecule has 388 valence electrons. The van der Waals surface area contributed by atoms with Crippen LogP contribution in [0.4, 0.5) is 0 Å². The second kappa shape index (κ2) is 22.7. The predicted octanol–water partition coefficient (Wildman–Crippen LogP) is 14.9. The summed E-state index contributed by atoms with van der Waals surface area (Å²) in [5, 5.41) is 0. The van der Waals surface area contributed by atoms with Gasteiger partial charge in [-0.3, -0.25) is 0 Å². The van der Waals surface area contributed by atoms with Crippen molar-refractivity contribution in [1.82, 2.24) is 0 Å². The zero-order valence-corrected chi connectivity index (χ0v) is 43.8. The Hall–Kier alpha value is -10.0.